The summed E-state index contributed by atoms with van der Waals surface area (Å²) in [6, 6.07) is 12.2. The van der Waals surface area contributed by atoms with Gasteiger partial charge in [0, 0.05) is 35.0 Å². The molecule has 2 aromatic carbocycles. The van der Waals surface area contributed by atoms with Gasteiger partial charge in [-0.1, -0.05) is 18.6 Å². The number of aryl methyl sites for hydroxylation is 2. The number of aromatic amines is 1. The number of aromatic nitrogens is 2. The van der Waals surface area contributed by atoms with Crippen LogP contribution in [0.4, 0.5) is 5.82 Å². The van der Waals surface area contributed by atoms with Crippen LogP contribution < -0.4 is 20.3 Å². The molecule has 0 spiro atoms. The molecule has 2 aromatic heterocycles. The summed E-state index contributed by atoms with van der Waals surface area (Å²) >= 11 is 0. The number of nitrogens with one attached hydrogen (secondary N) is 2. The van der Waals surface area contributed by atoms with Crippen molar-refractivity contribution in [1.29, 1.82) is 0 Å². The van der Waals surface area contributed by atoms with Gasteiger partial charge in [-0.15, -0.1) is 24.8 Å². The van der Waals surface area contributed by atoms with E-state index in [9.17, 15) is 4.79 Å². The van der Waals surface area contributed by atoms with Gasteiger partial charge in [0.1, 0.15) is 5.82 Å². The van der Waals surface area contributed by atoms with Crippen molar-refractivity contribution in [1.82, 2.24) is 9.97 Å². The molecule has 0 saturated carbocycles. The average molecular weight is 504 g/mol. The molecule has 0 fully saturated rings. The molecule has 0 saturated heterocycles. The number of H-pyrrole nitrogens is 1. The number of halogens is 2. The molecule has 4 rings (SSSR count). The summed E-state index contributed by atoms with van der Waals surface area (Å²) in [5.74, 6) is 2.05. The average Bonchev–Trinajstić information content (AvgIpc) is 2.80. The van der Waals surface area contributed by atoms with Crippen LogP contribution in [0.15, 0.2) is 41.2 Å². The van der Waals surface area contributed by atoms with Crippen molar-refractivity contribution < 1.29 is 9.47 Å². The Balaban J connectivity index is 0.00000204. The molecule has 0 radical (unpaired) electrons. The van der Waals surface area contributed by atoms with E-state index in [2.05, 4.69) is 35.4 Å². The van der Waals surface area contributed by atoms with E-state index in [0.717, 1.165) is 45.3 Å². The van der Waals surface area contributed by atoms with Gasteiger partial charge in [-0.25, -0.2) is 4.98 Å². The summed E-state index contributed by atoms with van der Waals surface area (Å²) < 4.78 is 11.0. The van der Waals surface area contributed by atoms with E-state index in [1.165, 1.54) is 5.56 Å². The number of nitrogens with zero attached hydrogens (tertiary/aromatic N) is 1. The minimum Gasteiger partial charge on any atom is -0.493 e. The van der Waals surface area contributed by atoms with Gasteiger partial charge in [-0.3, -0.25) is 4.79 Å². The van der Waals surface area contributed by atoms with Crippen molar-refractivity contribution in [2.45, 2.75) is 33.6 Å². The molecule has 0 bridgehead atoms. The number of methoxy groups -OCH3 is 2. The van der Waals surface area contributed by atoms with E-state index in [0.29, 0.717) is 29.9 Å². The molecule has 0 aliphatic heterocycles. The number of pyridine rings is 2. The molecule has 182 valence electrons. The quantitative estimate of drug-likeness (QED) is 0.331. The normalized spacial score (nSPS) is 10.5. The Morgan fingerprint density at radius 2 is 1.65 bits per heavy atom. The van der Waals surface area contributed by atoms with Crippen LogP contribution in [0.1, 0.15) is 36.2 Å². The van der Waals surface area contributed by atoms with E-state index in [1.54, 1.807) is 14.2 Å². The lowest BCUT2D eigenvalue weighted by molar-refractivity contribution is 0.356. The number of fused-ring (bicyclic) bond motifs is 2. The van der Waals surface area contributed by atoms with Gasteiger partial charge < -0.3 is 19.8 Å². The zero-order valence-electron chi connectivity index (χ0n) is 20.1. The second kappa shape index (κ2) is 11.4. The summed E-state index contributed by atoms with van der Waals surface area (Å²) in [6.07, 6.45) is 1.16. The number of anilines is 1. The van der Waals surface area contributed by atoms with Crippen molar-refractivity contribution in [3.63, 3.8) is 0 Å². The maximum Gasteiger partial charge on any atom is 0.252 e. The highest BCUT2D eigenvalue weighted by Crippen LogP contribution is 2.35. The Hall–Kier alpha value is -2.96. The van der Waals surface area contributed by atoms with Crippen molar-refractivity contribution in [2.24, 2.45) is 0 Å². The van der Waals surface area contributed by atoms with Crippen LogP contribution in [-0.4, -0.2) is 30.7 Å². The number of hydrogen-bond acceptors (Lipinski definition) is 5. The summed E-state index contributed by atoms with van der Waals surface area (Å²) in [5, 5.41) is 6.27. The SMILES string of the molecule is CCNc1nc2ccc(C)cc2cc1Cc1c(=O)[nH]c(CC)c2cc(OC)c(OC)cc12.Cl.Cl. The molecule has 2 N–H and O–H groups in total. The first kappa shape index (κ1) is 27.3. The van der Waals surface area contributed by atoms with Gasteiger partial charge in [0.25, 0.3) is 5.56 Å². The predicted molar refractivity (Wildman–Crippen MR) is 145 cm³/mol. The van der Waals surface area contributed by atoms with Crippen molar-refractivity contribution in [3.8, 4) is 11.5 Å². The zero-order valence-corrected chi connectivity index (χ0v) is 21.7. The standard InChI is InChI=1S/C26H29N3O3.2ClH/c1-6-21-19-14-24(32-5)23(31-4)13-18(19)20(26(30)29-21)12-17-11-16-10-15(3)8-9-22(16)28-25(17)27-7-2;;/h8-11,13-14H,6-7,12H2,1-5H3,(H,27,28)(H,29,30);2*1H. The minimum absolute atomic E-state index is 0. The number of rotatable bonds is 7. The molecular formula is C26H31Cl2N3O3. The lowest BCUT2D eigenvalue weighted by atomic mass is 9.97. The maximum absolute atomic E-state index is 13.2. The Morgan fingerprint density at radius 3 is 2.26 bits per heavy atom. The van der Waals surface area contributed by atoms with Crippen LogP contribution in [0, 0.1) is 6.92 Å². The highest BCUT2D eigenvalue weighted by Gasteiger charge is 2.17. The highest BCUT2D eigenvalue weighted by molar-refractivity contribution is 5.91. The topological polar surface area (TPSA) is 76.2 Å². The summed E-state index contributed by atoms with van der Waals surface area (Å²) in [5.41, 5.74) is 4.57. The van der Waals surface area contributed by atoms with Gasteiger partial charge in [0.15, 0.2) is 11.5 Å². The van der Waals surface area contributed by atoms with Gasteiger partial charge in [-0.05, 0) is 61.5 Å². The van der Waals surface area contributed by atoms with Crippen LogP contribution in [0.2, 0.25) is 0 Å². The van der Waals surface area contributed by atoms with Crippen LogP contribution >= 0.6 is 24.8 Å². The maximum atomic E-state index is 13.2. The van der Waals surface area contributed by atoms with E-state index in [4.69, 9.17) is 14.5 Å². The van der Waals surface area contributed by atoms with Crippen molar-refractivity contribution in [2.75, 3.05) is 26.1 Å². The molecule has 2 heterocycles. The van der Waals surface area contributed by atoms with Gasteiger partial charge in [-0.2, -0.15) is 0 Å². The fraction of sp³-hybridized carbons (Fsp3) is 0.308. The van der Waals surface area contributed by atoms with E-state index < -0.39 is 0 Å². The number of hydrogen-bond donors (Lipinski definition) is 2. The first-order valence-electron chi connectivity index (χ1n) is 10.9. The Morgan fingerprint density at radius 1 is 0.971 bits per heavy atom. The van der Waals surface area contributed by atoms with E-state index in [1.807, 2.05) is 32.0 Å². The van der Waals surface area contributed by atoms with Crippen LogP contribution in [0.3, 0.4) is 0 Å². The lowest BCUT2D eigenvalue weighted by Crippen LogP contribution is -2.17. The third kappa shape index (κ3) is 5.08. The van der Waals surface area contributed by atoms with Crippen LogP contribution in [0.5, 0.6) is 11.5 Å². The van der Waals surface area contributed by atoms with Gasteiger partial charge in [0.05, 0.1) is 19.7 Å². The fourth-order valence-corrected chi connectivity index (χ4v) is 4.22. The van der Waals surface area contributed by atoms with Gasteiger partial charge >= 0.3 is 0 Å². The second-order valence-corrected chi connectivity index (χ2v) is 7.92. The third-order valence-electron chi connectivity index (χ3n) is 5.83. The van der Waals surface area contributed by atoms with Crippen LogP contribution in [0.25, 0.3) is 21.7 Å². The molecule has 34 heavy (non-hydrogen) atoms. The van der Waals surface area contributed by atoms with E-state index >= 15 is 0 Å². The second-order valence-electron chi connectivity index (χ2n) is 7.92. The number of ether oxygens (including phenoxy) is 2. The molecule has 0 aliphatic rings. The monoisotopic (exact) mass is 503 g/mol. The van der Waals surface area contributed by atoms with Crippen molar-refractivity contribution >= 4 is 52.3 Å². The lowest BCUT2D eigenvalue weighted by Gasteiger charge is -2.16. The largest absolute Gasteiger partial charge is 0.493 e. The molecule has 0 amide bonds. The fourth-order valence-electron chi connectivity index (χ4n) is 4.22. The Bertz CT molecular complexity index is 1370. The molecule has 6 nitrogen and oxygen atoms in total. The Labute approximate surface area is 211 Å². The minimum atomic E-state index is -0.0895. The summed E-state index contributed by atoms with van der Waals surface area (Å²) in [7, 11) is 3.23. The molecule has 0 unspecified atom stereocenters. The first-order valence-corrected chi connectivity index (χ1v) is 10.9. The third-order valence-corrected chi connectivity index (χ3v) is 5.83. The highest BCUT2D eigenvalue weighted by atomic mass is 35.5. The predicted octanol–water partition coefficient (Wildman–Crippen LogP) is 5.83. The molecule has 0 atom stereocenters. The molecule has 8 heteroatoms. The summed E-state index contributed by atoms with van der Waals surface area (Å²) in [6.45, 7) is 6.88. The Kier molecular flexibility index (Phi) is 9.19. The van der Waals surface area contributed by atoms with Crippen molar-refractivity contribution in [3.05, 3.63) is 69.1 Å². The van der Waals surface area contributed by atoms with Gasteiger partial charge in [0.2, 0.25) is 0 Å². The molecule has 0 aliphatic carbocycles. The molecular weight excluding hydrogens is 473 g/mol. The van der Waals surface area contributed by atoms with Crippen LogP contribution in [-0.2, 0) is 12.8 Å². The molecule has 4 aromatic rings. The summed E-state index contributed by atoms with van der Waals surface area (Å²) in [4.78, 5) is 21.1. The smallest absolute Gasteiger partial charge is 0.252 e. The first-order chi connectivity index (χ1) is 15.5. The zero-order chi connectivity index (χ0) is 22.8. The van der Waals surface area contributed by atoms with E-state index in [-0.39, 0.29) is 30.4 Å². The number of benzene rings is 2.